The molecule has 3 nitrogen and oxygen atoms in total. The lowest BCUT2D eigenvalue weighted by atomic mass is 9.63. The van der Waals surface area contributed by atoms with Crippen molar-refractivity contribution in [3.05, 3.63) is 77.4 Å². The largest absolute Gasteiger partial charge is 0.493 e. The van der Waals surface area contributed by atoms with Gasteiger partial charge in [-0.05, 0) is 88.2 Å². The number of esters is 1. The molecule has 0 saturated heterocycles. The van der Waals surface area contributed by atoms with Crippen molar-refractivity contribution in [2.45, 2.75) is 58.3 Å². The van der Waals surface area contributed by atoms with Gasteiger partial charge in [0.25, 0.3) is 0 Å². The molecule has 0 aromatic heterocycles. The van der Waals surface area contributed by atoms with Crippen LogP contribution in [0.1, 0.15) is 68.9 Å². The average molecular weight is 536 g/mol. The number of alkyl halides is 1. The summed E-state index contributed by atoms with van der Waals surface area (Å²) in [5.41, 5.74) is 7.70. The summed E-state index contributed by atoms with van der Waals surface area (Å²) in [6, 6.07) is 20.8. The van der Waals surface area contributed by atoms with Gasteiger partial charge in [-0.2, -0.15) is 0 Å². The molecule has 1 aliphatic rings. The van der Waals surface area contributed by atoms with E-state index >= 15 is 0 Å². The Balaban J connectivity index is 1.82. The van der Waals surface area contributed by atoms with Crippen LogP contribution in [0.4, 0.5) is 0 Å². The fourth-order valence-electron chi connectivity index (χ4n) is 5.01. The van der Waals surface area contributed by atoms with Gasteiger partial charge in [0.2, 0.25) is 0 Å². The molecule has 0 bridgehead atoms. The number of carbonyl (C=O) groups is 1. The highest BCUT2D eigenvalue weighted by Gasteiger charge is 2.37. The van der Waals surface area contributed by atoms with Crippen molar-refractivity contribution in [2.24, 2.45) is 0 Å². The van der Waals surface area contributed by atoms with Crippen LogP contribution in [0.5, 0.6) is 5.75 Å². The van der Waals surface area contributed by atoms with Crippen LogP contribution in [-0.4, -0.2) is 24.5 Å². The smallest absolute Gasteiger partial charge is 0.338 e. The predicted octanol–water partition coefficient (Wildman–Crippen LogP) is 8.32. The van der Waals surface area contributed by atoms with E-state index in [0.29, 0.717) is 18.8 Å². The molecule has 1 aliphatic carbocycles. The van der Waals surface area contributed by atoms with Gasteiger partial charge in [-0.25, -0.2) is 4.79 Å². The standard InChI is InChI=1S/C31H35BrO3/c1-6-34-29(33)25-13-9-22(21-7-11-24(12-8-21)35-18-17-32)19-26(25)23-10-14-27-28(20-23)31(4,5)16-15-30(27,2)3/h7-14,19-20H,6,15-18H2,1-5H3. The lowest BCUT2D eigenvalue weighted by molar-refractivity contribution is 0.0527. The molecule has 0 saturated carbocycles. The first-order valence-electron chi connectivity index (χ1n) is 12.4. The van der Waals surface area contributed by atoms with Crippen LogP contribution >= 0.6 is 15.9 Å². The monoisotopic (exact) mass is 534 g/mol. The van der Waals surface area contributed by atoms with E-state index in [1.54, 1.807) is 0 Å². The maximum absolute atomic E-state index is 12.9. The van der Waals surface area contributed by atoms with Gasteiger partial charge in [0.1, 0.15) is 5.75 Å². The van der Waals surface area contributed by atoms with Crippen molar-refractivity contribution < 1.29 is 14.3 Å². The molecule has 184 valence electrons. The summed E-state index contributed by atoms with van der Waals surface area (Å²) in [5.74, 6) is 0.556. The molecule has 3 aromatic carbocycles. The van der Waals surface area contributed by atoms with Crippen LogP contribution in [0.2, 0.25) is 0 Å². The highest BCUT2D eigenvalue weighted by atomic mass is 79.9. The number of benzene rings is 3. The summed E-state index contributed by atoms with van der Waals surface area (Å²) in [6.45, 7) is 12.1. The average Bonchev–Trinajstić information content (AvgIpc) is 2.85. The van der Waals surface area contributed by atoms with Gasteiger partial charge in [-0.15, -0.1) is 0 Å². The SMILES string of the molecule is CCOC(=O)c1ccc(-c2ccc(OCCBr)cc2)cc1-c1ccc2c(c1)C(C)(C)CCC2(C)C. The van der Waals surface area contributed by atoms with Crippen LogP contribution in [-0.2, 0) is 15.6 Å². The first-order chi connectivity index (χ1) is 16.7. The topological polar surface area (TPSA) is 35.5 Å². The molecule has 0 amide bonds. The predicted molar refractivity (Wildman–Crippen MR) is 148 cm³/mol. The van der Waals surface area contributed by atoms with Gasteiger partial charge in [-0.3, -0.25) is 0 Å². The van der Waals surface area contributed by atoms with E-state index in [2.05, 4.69) is 80.0 Å². The van der Waals surface area contributed by atoms with E-state index in [4.69, 9.17) is 9.47 Å². The molecule has 0 aliphatic heterocycles. The van der Waals surface area contributed by atoms with Gasteiger partial charge >= 0.3 is 5.97 Å². The quantitative estimate of drug-likeness (QED) is 0.225. The van der Waals surface area contributed by atoms with Crippen LogP contribution in [0.3, 0.4) is 0 Å². The lowest BCUT2D eigenvalue weighted by Gasteiger charge is -2.42. The fraction of sp³-hybridized carbons (Fsp3) is 0.387. The van der Waals surface area contributed by atoms with Crippen LogP contribution in [0, 0.1) is 0 Å². The van der Waals surface area contributed by atoms with E-state index in [1.165, 1.54) is 17.5 Å². The third-order valence-corrected chi connectivity index (χ3v) is 7.54. The molecular weight excluding hydrogens is 500 g/mol. The lowest BCUT2D eigenvalue weighted by Crippen LogP contribution is -2.33. The van der Waals surface area contributed by atoms with E-state index in [1.807, 2.05) is 31.2 Å². The van der Waals surface area contributed by atoms with Crippen LogP contribution < -0.4 is 4.74 Å². The van der Waals surface area contributed by atoms with Gasteiger partial charge in [0.15, 0.2) is 0 Å². The highest BCUT2D eigenvalue weighted by Crippen LogP contribution is 2.47. The third-order valence-electron chi connectivity index (χ3n) is 7.21. The Kier molecular flexibility index (Phi) is 7.42. The minimum Gasteiger partial charge on any atom is -0.493 e. The van der Waals surface area contributed by atoms with Crippen molar-refractivity contribution >= 4 is 21.9 Å². The molecule has 4 heteroatoms. The number of halogens is 1. The summed E-state index contributed by atoms with van der Waals surface area (Å²) in [6.07, 6.45) is 2.32. The summed E-state index contributed by atoms with van der Waals surface area (Å²) in [7, 11) is 0. The van der Waals surface area contributed by atoms with Crippen molar-refractivity contribution in [2.75, 3.05) is 18.5 Å². The molecule has 0 fully saturated rings. The van der Waals surface area contributed by atoms with Gasteiger partial charge in [0.05, 0.1) is 18.8 Å². The summed E-state index contributed by atoms with van der Waals surface area (Å²) in [5, 5.41) is 0.794. The summed E-state index contributed by atoms with van der Waals surface area (Å²) >= 11 is 3.39. The zero-order valence-corrected chi connectivity index (χ0v) is 23.0. The normalized spacial score (nSPS) is 15.8. The molecule has 0 N–H and O–H groups in total. The zero-order chi connectivity index (χ0) is 25.2. The second-order valence-corrected chi connectivity index (χ2v) is 11.4. The number of fused-ring (bicyclic) bond motifs is 1. The van der Waals surface area contributed by atoms with Crippen LogP contribution in [0.25, 0.3) is 22.3 Å². The Morgan fingerprint density at radius 2 is 1.46 bits per heavy atom. The van der Waals surface area contributed by atoms with E-state index in [-0.39, 0.29) is 16.8 Å². The highest BCUT2D eigenvalue weighted by molar-refractivity contribution is 9.09. The number of hydrogen-bond donors (Lipinski definition) is 0. The molecule has 0 spiro atoms. The first-order valence-corrected chi connectivity index (χ1v) is 13.5. The number of carbonyl (C=O) groups excluding carboxylic acids is 1. The Morgan fingerprint density at radius 1 is 0.829 bits per heavy atom. The maximum Gasteiger partial charge on any atom is 0.338 e. The van der Waals surface area contributed by atoms with E-state index in [9.17, 15) is 4.79 Å². The number of rotatable bonds is 7. The fourth-order valence-corrected chi connectivity index (χ4v) is 5.17. The van der Waals surface area contributed by atoms with E-state index in [0.717, 1.165) is 39.8 Å². The second-order valence-electron chi connectivity index (χ2n) is 10.6. The zero-order valence-electron chi connectivity index (χ0n) is 21.4. The minimum absolute atomic E-state index is 0.0908. The molecule has 4 rings (SSSR count). The van der Waals surface area contributed by atoms with Crippen molar-refractivity contribution in [3.63, 3.8) is 0 Å². The van der Waals surface area contributed by atoms with E-state index < -0.39 is 0 Å². The molecular formula is C31H35BrO3. The Bertz CT molecular complexity index is 1210. The van der Waals surface area contributed by atoms with Crippen molar-refractivity contribution in [1.29, 1.82) is 0 Å². The Labute approximate surface area is 218 Å². The molecule has 0 radical (unpaired) electrons. The number of ether oxygens (including phenoxy) is 2. The third kappa shape index (κ3) is 5.33. The Hall–Kier alpha value is -2.59. The summed E-state index contributed by atoms with van der Waals surface area (Å²) < 4.78 is 11.1. The first kappa shape index (κ1) is 25.5. The molecule has 3 aromatic rings. The van der Waals surface area contributed by atoms with Gasteiger partial charge in [-0.1, -0.05) is 80.0 Å². The van der Waals surface area contributed by atoms with Crippen molar-refractivity contribution in [1.82, 2.24) is 0 Å². The van der Waals surface area contributed by atoms with Crippen LogP contribution in [0.15, 0.2) is 60.7 Å². The maximum atomic E-state index is 12.9. The van der Waals surface area contributed by atoms with Gasteiger partial charge in [0, 0.05) is 5.33 Å². The minimum atomic E-state index is -0.287. The molecule has 0 heterocycles. The summed E-state index contributed by atoms with van der Waals surface area (Å²) in [4.78, 5) is 12.9. The molecule has 0 unspecified atom stereocenters. The Morgan fingerprint density at radius 3 is 2.11 bits per heavy atom. The second kappa shape index (κ2) is 10.2. The van der Waals surface area contributed by atoms with Gasteiger partial charge < -0.3 is 9.47 Å². The number of hydrogen-bond acceptors (Lipinski definition) is 3. The molecule has 0 atom stereocenters. The molecule has 35 heavy (non-hydrogen) atoms. The van der Waals surface area contributed by atoms with Crippen molar-refractivity contribution in [3.8, 4) is 28.0 Å².